The third-order valence-electron chi connectivity index (χ3n) is 4.03. The molecule has 2 aromatic rings. The van der Waals surface area contributed by atoms with E-state index in [1.54, 1.807) is 24.3 Å². The van der Waals surface area contributed by atoms with Crippen LogP contribution in [-0.4, -0.2) is 61.4 Å². The first-order chi connectivity index (χ1) is 12.1. The molecule has 1 aromatic carbocycles. The molecule has 1 aliphatic heterocycles. The number of carbonyl (C=O) groups is 1. The van der Waals surface area contributed by atoms with Crippen LogP contribution >= 0.6 is 0 Å². The summed E-state index contributed by atoms with van der Waals surface area (Å²) >= 11 is 0. The molecule has 1 saturated heterocycles. The number of nitrogens with one attached hydrogen (secondary N) is 1. The molecular formula is C18H21FN2O4. The van der Waals surface area contributed by atoms with E-state index in [0.717, 1.165) is 13.1 Å². The highest BCUT2D eigenvalue weighted by atomic mass is 19.1. The predicted octanol–water partition coefficient (Wildman–Crippen LogP) is 1.51. The molecule has 1 fully saturated rings. The van der Waals surface area contributed by atoms with Crippen molar-refractivity contribution >= 4 is 5.91 Å². The van der Waals surface area contributed by atoms with Gasteiger partial charge in [0.15, 0.2) is 5.76 Å². The average molecular weight is 348 g/mol. The summed E-state index contributed by atoms with van der Waals surface area (Å²) in [5.74, 6) is -0.0890. The number of nitrogens with zero attached hydrogens (tertiary/aromatic N) is 1. The molecule has 1 amide bonds. The maximum absolute atomic E-state index is 13.0. The minimum Gasteiger partial charge on any atom is -0.451 e. The minimum absolute atomic E-state index is 0.142. The molecule has 0 bridgehead atoms. The molecule has 2 N–H and O–H groups in total. The van der Waals surface area contributed by atoms with E-state index in [9.17, 15) is 14.3 Å². The van der Waals surface area contributed by atoms with Crippen molar-refractivity contribution in [2.24, 2.45) is 0 Å². The standard InChI is InChI=1S/C18H21FN2O4/c19-14-3-1-13(2-4-14)16-5-6-17(25-16)18(23)20-11-15(22)12-21-7-9-24-10-8-21/h1-6,15,22H,7-12H2,(H,20,23)/t15-/m1/s1. The smallest absolute Gasteiger partial charge is 0.287 e. The lowest BCUT2D eigenvalue weighted by atomic mass is 10.2. The molecular weight excluding hydrogens is 327 g/mol. The number of halogens is 1. The van der Waals surface area contributed by atoms with E-state index in [1.807, 2.05) is 0 Å². The van der Waals surface area contributed by atoms with Crippen LogP contribution < -0.4 is 5.32 Å². The Balaban J connectivity index is 1.50. The van der Waals surface area contributed by atoms with Crippen molar-refractivity contribution in [3.63, 3.8) is 0 Å². The van der Waals surface area contributed by atoms with Crippen LogP contribution in [0, 0.1) is 5.82 Å². The molecule has 134 valence electrons. The lowest BCUT2D eigenvalue weighted by Gasteiger charge is -2.28. The molecule has 6 nitrogen and oxygen atoms in total. The summed E-state index contributed by atoms with van der Waals surface area (Å²) in [5, 5.41) is 12.7. The van der Waals surface area contributed by atoms with E-state index in [4.69, 9.17) is 9.15 Å². The number of benzene rings is 1. The maximum Gasteiger partial charge on any atom is 0.287 e. The zero-order valence-corrected chi connectivity index (χ0v) is 13.8. The number of rotatable bonds is 6. The van der Waals surface area contributed by atoms with Gasteiger partial charge < -0.3 is 19.6 Å². The molecule has 0 aliphatic carbocycles. The number of aliphatic hydroxyl groups excluding tert-OH is 1. The molecule has 0 saturated carbocycles. The predicted molar refractivity (Wildman–Crippen MR) is 89.7 cm³/mol. The summed E-state index contributed by atoms with van der Waals surface area (Å²) in [7, 11) is 0. The van der Waals surface area contributed by atoms with Gasteiger partial charge in [-0.2, -0.15) is 0 Å². The number of amides is 1. The summed E-state index contributed by atoms with van der Waals surface area (Å²) in [4.78, 5) is 14.2. The second-order valence-electron chi connectivity index (χ2n) is 5.95. The highest BCUT2D eigenvalue weighted by Crippen LogP contribution is 2.22. The zero-order valence-electron chi connectivity index (χ0n) is 13.8. The van der Waals surface area contributed by atoms with Crippen molar-refractivity contribution in [1.29, 1.82) is 0 Å². The lowest BCUT2D eigenvalue weighted by molar-refractivity contribution is 0.0148. The van der Waals surface area contributed by atoms with Gasteiger partial charge in [0.05, 0.1) is 19.3 Å². The first kappa shape index (κ1) is 17.6. The maximum atomic E-state index is 13.0. The highest BCUT2D eigenvalue weighted by Gasteiger charge is 2.17. The van der Waals surface area contributed by atoms with E-state index < -0.39 is 12.0 Å². The third kappa shape index (κ3) is 4.88. The van der Waals surface area contributed by atoms with Crippen LogP contribution in [0.1, 0.15) is 10.6 Å². The Morgan fingerprint density at radius 1 is 1.20 bits per heavy atom. The first-order valence-electron chi connectivity index (χ1n) is 8.24. The second-order valence-corrected chi connectivity index (χ2v) is 5.95. The Hall–Kier alpha value is -2.22. The molecule has 25 heavy (non-hydrogen) atoms. The molecule has 0 radical (unpaired) electrons. The van der Waals surface area contributed by atoms with Crippen LogP contribution in [0.25, 0.3) is 11.3 Å². The van der Waals surface area contributed by atoms with Gasteiger partial charge in [0, 0.05) is 31.7 Å². The summed E-state index contributed by atoms with van der Waals surface area (Å²) in [5.41, 5.74) is 0.688. The molecule has 0 spiro atoms. The molecule has 0 unspecified atom stereocenters. The lowest BCUT2D eigenvalue weighted by Crippen LogP contribution is -2.44. The Morgan fingerprint density at radius 3 is 2.64 bits per heavy atom. The Kier molecular flexibility index (Phi) is 5.80. The summed E-state index contributed by atoms with van der Waals surface area (Å²) in [6, 6.07) is 9.05. The fourth-order valence-corrected chi connectivity index (χ4v) is 2.67. The first-order valence-corrected chi connectivity index (χ1v) is 8.24. The normalized spacial score (nSPS) is 16.6. The Morgan fingerprint density at radius 2 is 1.92 bits per heavy atom. The molecule has 3 rings (SSSR count). The number of carbonyl (C=O) groups excluding carboxylic acids is 1. The topological polar surface area (TPSA) is 74.9 Å². The van der Waals surface area contributed by atoms with E-state index >= 15 is 0 Å². The van der Waals surface area contributed by atoms with Gasteiger partial charge in [-0.05, 0) is 36.4 Å². The van der Waals surface area contributed by atoms with Crippen LogP contribution in [0.5, 0.6) is 0 Å². The van der Waals surface area contributed by atoms with Crippen LogP contribution in [0.4, 0.5) is 4.39 Å². The van der Waals surface area contributed by atoms with Gasteiger partial charge in [-0.25, -0.2) is 4.39 Å². The number of aliphatic hydroxyl groups is 1. The van der Waals surface area contributed by atoms with Crippen LogP contribution in [0.15, 0.2) is 40.8 Å². The summed E-state index contributed by atoms with van der Waals surface area (Å²) in [6.07, 6.45) is -0.659. The average Bonchev–Trinajstić information content (AvgIpc) is 3.11. The number of furan rings is 1. The van der Waals surface area contributed by atoms with E-state index in [0.29, 0.717) is 31.1 Å². The second kappa shape index (κ2) is 8.24. The van der Waals surface area contributed by atoms with Gasteiger partial charge in [-0.15, -0.1) is 0 Å². The molecule has 7 heteroatoms. The van der Waals surface area contributed by atoms with Crippen molar-refractivity contribution in [3.8, 4) is 11.3 Å². The van der Waals surface area contributed by atoms with Gasteiger partial charge in [0.1, 0.15) is 11.6 Å². The van der Waals surface area contributed by atoms with Gasteiger partial charge >= 0.3 is 0 Å². The van der Waals surface area contributed by atoms with E-state index in [2.05, 4.69) is 10.2 Å². The number of hydrogen-bond donors (Lipinski definition) is 2. The van der Waals surface area contributed by atoms with Crippen molar-refractivity contribution < 1.29 is 23.4 Å². The van der Waals surface area contributed by atoms with E-state index in [-0.39, 0.29) is 18.1 Å². The number of β-amino-alcohol motifs (C(OH)–C–C–N with tert-alkyl or cyclic N) is 1. The zero-order chi connectivity index (χ0) is 17.6. The fourth-order valence-electron chi connectivity index (χ4n) is 2.67. The molecule has 1 aliphatic rings. The van der Waals surface area contributed by atoms with Crippen molar-refractivity contribution in [2.45, 2.75) is 6.10 Å². The number of morpholine rings is 1. The largest absolute Gasteiger partial charge is 0.451 e. The van der Waals surface area contributed by atoms with Gasteiger partial charge in [0.2, 0.25) is 0 Å². The Labute approximate surface area is 145 Å². The summed E-state index contributed by atoms with van der Waals surface area (Å²) in [6.45, 7) is 3.52. The van der Waals surface area contributed by atoms with Crippen molar-refractivity contribution in [1.82, 2.24) is 10.2 Å². The van der Waals surface area contributed by atoms with Crippen molar-refractivity contribution in [3.05, 3.63) is 48.0 Å². The SMILES string of the molecule is O=C(NC[C@@H](O)CN1CCOCC1)c1ccc(-c2ccc(F)cc2)o1. The third-order valence-corrected chi connectivity index (χ3v) is 4.03. The minimum atomic E-state index is -0.659. The summed E-state index contributed by atoms with van der Waals surface area (Å²) < 4.78 is 23.7. The fraction of sp³-hybridized carbons (Fsp3) is 0.389. The van der Waals surface area contributed by atoms with Crippen LogP contribution in [-0.2, 0) is 4.74 Å². The van der Waals surface area contributed by atoms with Crippen molar-refractivity contribution in [2.75, 3.05) is 39.4 Å². The Bertz CT molecular complexity index is 695. The van der Waals surface area contributed by atoms with Gasteiger partial charge in [-0.1, -0.05) is 0 Å². The quantitative estimate of drug-likeness (QED) is 0.828. The molecule has 1 aromatic heterocycles. The van der Waals surface area contributed by atoms with Gasteiger partial charge in [-0.3, -0.25) is 9.69 Å². The van der Waals surface area contributed by atoms with Crippen LogP contribution in [0.3, 0.4) is 0 Å². The monoisotopic (exact) mass is 348 g/mol. The van der Waals surface area contributed by atoms with Crippen LogP contribution in [0.2, 0.25) is 0 Å². The highest BCUT2D eigenvalue weighted by molar-refractivity contribution is 5.92. The number of ether oxygens (including phenoxy) is 1. The molecule has 2 heterocycles. The van der Waals surface area contributed by atoms with Gasteiger partial charge in [0.25, 0.3) is 5.91 Å². The number of hydrogen-bond acceptors (Lipinski definition) is 5. The van der Waals surface area contributed by atoms with E-state index in [1.165, 1.54) is 12.1 Å². The molecule has 1 atom stereocenters.